The van der Waals surface area contributed by atoms with Crippen LogP contribution >= 0.6 is 12.2 Å². The summed E-state index contributed by atoms with van der Waals surface area (Å²) in [6, 6.07) is 8.34. The van der Waals surface area contributed by atoms with Crippen molar-refractivity contribution in [3.63, 3.8) is 0 Å². The van der Waals surface area contributed by atoms with Crippen LogP contribution in [0, 0.1) is 0 Å². The third kappa shape index (κ3) is 4.08. The quantitative estimate of drug-likeness (QED) is 0.800. The van der Waals surface area contributed by atoms with Crippen molar-refractivity contribution in [2.45, 2.75) is 25.5 Å². The van der Waals surface area contributed by atoms with Gasteiger partial charge in [-0.05, 0) is 30.8 Å². The molecule has 1 aromatic carbocycles. The Balaban J connectivity index is 1.72. The molecule has 0 radical (unpaired) electrons. The van der Waals surface area contributed by atoms with Gasteiger partial charge in [-0.25, -0.2) is 0 Å². The minimum Gasteiger partial charge on any atom is -0.488 e. The highest BCUT2D eigenvalue weighted by atomic mass is 32.1. The minimum absolute atomic E-state index is 0.148. The van der Waals surface area contributed by atoms with Gasteiger partial charge in [0.2, 0.25) is 0 Å². The lowest BCUT2D eigenvalue weighted by molar-refractivity contribution is 0.179. The molecule has 0 saturated carbocycles. The number of nitrogens with one attached hydrogen (secondary N) is 2. The van der Waals surface area contributed by atoms with Crippen molar-refractivity contribution in [2.24, 2.45) is 0 Å². The van der Waals surface area contributed by atoms with E-state index in [4.69, 9.17) is 21.7 Å². The molecule has 0 saturated heterocycles. The summed E-state index contributed by atoms with van der Waals surface area (Å²) in [5.41, 5.74) is 1.26. The summed E-state index contributed by atoms with van der Waals surface area (Å²) in [6.45, 7) is 3.37. The second kappa shape index (κ2) is 6.73. The van der Waals surface area contributed by atoms with E-state index < -0.39 is 0 Å². The van der Waals surface area contributed by atoms with E-state index in [1.54, 1.807) is 7.11 Å². The first-order valence-electron chi connectivity index (χ1n) is 6.47. The topological polar surface area (TPSA) is 42.5 Å². The molecular formula is C14H20N2O2S. The van der Waals surface area contributed by atoms with E-state index in [-0.39, 0.29) is 12.1 Å². The Morgan fingerprint density at radius 1 is 1.53 bits per heavy atom. The predicted octanol–water partition coefficient (Wildman–Crippen LogP) is 1.49. The fourth-order valence-corrected chi connectivity index (χ4v) is 2.43. The Bertz CT molecular complexity index is 414. The fraction of sp³-hybridized carbons (Fsp3) is 0.500. The molecule has 5 heteroatoms. The standard InChI is InChI=1S/C14H20N2O2S/c1-10(9-17-2)16-14(19)15-8-12-7-11-5-3-4-6-13(11)18-12/h3-6,10,12H,7-9H2,1-2H3,(H2,15,16,19). The Morgan fingerprint density at radius 3 is 3.05 bits per heavy atom. The van der Waals surface area contributed by atoms with Gasteiger partial charge in [-0.2, -0.15) is 0 Å². The van der Waals surface area contributed by atoms with E-state index in [2.05, 4.69) is 16.7 Å². The molecule has 0 bridgehead atoms. The molecule has 4 nitrogen and oxygen atoms in total. The van der Waals surface area contributed by atoms with Crippen molar-refractivity contribution in [2.75, 3.05) is 20.3 Å². The van der Waals surface area contributed by atoms with Gasteiger partial charge < -0.3 is 20.1 Å². The molecule has 0 fully saturated rings. The Kier molecular flexibility index (Phi) is 4.99. The van der Waals surface area contributed by atoms with Gasteiger partial charge in [0.15, 0.2) is 5.11 Å². The van der Waals surface area contributed by atoms with Crippen molar-refractivity contribution in [3.8, 4) is 5.75 Å². The van der Waals surface area contributed by atoms with E-state index in [1.807, 2.05) is 25.1 Å². The van der Waals surface area contributed by atoms with Gasteiger partial charge in [-0.3, -0.25) is 0 Å². The molecule has 0 spiro atoms. The van der Waals surface area contributed by atoms with Crippen LogP contribution in [-0.4, -0.2) is 37.5 Å². The molecule has 19 heavy (non-hydrogen) atoms. The van der Waals surface area contributed by atoms with Crippen LogP contribution in [0.15, 0.2) is 24.3 Å². The van der Waals surface area contributed by atoms with Crippen LogP contribution in [0.25, 0.3) is 0 Å². The molecule has 0 aromatic heterocycles. The van der Waals surface area contributed by atoms with Crippen LogP contribution in [0.5, 0.6) is 5.75 Å². The first-order valence-corrected chi connectivity index (χ1v) is 6.87. The molecule has 1 aromatic rings. The van der Waals surface area contributed by atoms with Gasteiger partial charge in [0.25, 0.3) is 0 Å². The molecule has 2 atom stereocenters. The van der Waals surface area contributed by atoms with Crippen LogP contribution in [0.2, 0.25) is 0 Å². The van der Waals surface area contributed by atoms with Gasteiger partial charge in [0.05, 0.1) is 13.2 Å². The van der Waals surface area contributed by atoms with E-state index in [9.17, 15) is 0 Å². The normalized spacial score (nSPS) is 18.3. The molecule has 1 aliphatic rings. The Morgan fingerprint density at radius 2 is 2.32 bits per heavy atom. The average Bonchev–Trinajstić information content (AvgIpc) is 2.79. The molecule has 1 heterocycles. The summed E-state index contributed by atoms with van der Waals surface area (Å²) in [5.74, 6) is 0.987. The zero-order valence-corrected chi connectivity index (χ0v) is 12.1. The van der Waals surface area contributed by atoms with Crippen molar-refractivity contribution in [1.82, 2.24) is 10.6 Å². The zero-order chi connectivity index (χ0) is 13.7. The molecule has 0 aliphatic carbocycles. The van der Waals surface area contributed by atoms with E-state index in [0.29, 0.717) is 18.3 Å². The van der Waals surface area contributed by atoms with Crippen LogP contribution < -0.4 is 15.4 Å². The number of fused-ring (bicyclic) bond motifs is 1. The van der Waals surface area contributed by atoms with Crippen LogP contribution in [-0.2, 0) is 11.2 Å². The SMILES string of the molecule is COCC(C)NC(=S)NCC1Cc2ccccc2O1. The molecule has 1 aliphatic heterocycles. The highest BCUT2D eigenvalue weighted by Crippen LogP contribution is 2.27. The van der Waals surface area contributed by atoms with E-state index >= 15 is 0 Å². The van der Waals surface area contributed by atoms with Crippen molar-refractivity contribution in [1.29, 1.82) is 0 Å². The van der Waals surface area contributed by atoms with Gasteiger partial charge in [0, 0.05) is 19.6 Å². The first-order chi connectivity index (χ1) is 9.19. The summed E-state index contributed by atoms with van der Waals surface area (Å²) < 4.78 is 10.9. The lowest BCUT2D eigenvalue weighted by Gasteiger charge is -2.18. The average molecular weight is 280 g/mol. The Labute approximate surface area is 119 Å². The summed E-state index contributed by atoms with van der Waals surface area (Å²) in [7, 11) is 1.68. The monoisotopic (exact) mass is 280 g/mol. The van der Waals surface area contributed by atoms with Crippen molar-refractivity contribution < 1.29 is 9.47 Å². The number of rotatable bonds is 5. The van der Waals surface area contributed by atoms with Crippen molar-refractivity contribution >= 4 is 17.3 Å². The summed E-state index contributed by atoms with van der Waals surface area (Å²) in [5, 5.41) is 7.00. The molecule has 0 amide bonds. The zero-order valence-electron chi connectivity index (χ0n) is 11.3. The first kappa shape index (κ1) is 14.1. The number of para-hydroxylation sites is 1. The van der Waals surface area contributed by atoms with Crippen LogP contribution in [0.1, 0.15) is 12.5 Å². The van der Waals surface area contributed by atoms with Crippen LogP contribution in [0.4, 0.5) is 0 Å². The fourth-order valence-electron chi connectivity index (χ4n) is 2.14. The maximum atomic E-state index is 5.84. The second-order valence-corrected chi connectivity index (χ2v) is 5.17. The molecular weight excluding hydrogens is 260 g/mol. The van der Waals surface area contributed by atoms with Crippen molar-refractivity contribution in [3.05, 3.63) is 29.8 Å². The lowest BCUT2D eigenvalue weighted by atomic mass is 10.1. The number of benzene rings is 1. The summed E-state index contributed by atoms with van der Waals surface area (Å²) in [6.07, 6.45) is 1.08. The van der Waals surface area contributed by atoms with Gasteiger partial charge in [0.1, 0.15) is 11.9 Å². The molecule has 104 valence electrons. The highest BCUT2D eigenvalue weighted by molar-refractivity contribution is 7.80. The highest BCUT2D eigenvalue weighted by Gasteiger charge is 2.22. The number of ether oxygens (including phenoxy) is 2. The number of hydrogen-bond donors (Lipinski definition) is 2. The third-order valence-corrected chi connectivity index (χ3v) is 3.26. The van der Waals surface area contributed by atoms with Crippen LogP contribution in [0.3, 0.4) is 0 Å². The van der Waals surface area contributed by atoms with E-state index in [1.165, 1.54) is 5.56 Å². The summed E-state index contributed by atoms with van der Waals surface area (Å²) >= 11 is 5.23. The lowest BCUT2D eigenvalue weighted by Crippen LogP contribution is -2.45. The van der Waals surface area contributed by atoms with E-state index in [0.717, 1.165) is 12.2 Å². The maximum absolute atomic E-state index is 5.84. The molecule has 2 rings (SSSR count). The number of thiocarbonyl (C=S) groups is 1. The second-order valence-electron chi connectivity index (χ2n) is 4.76. The third-order valence-electron chi connectivity index (χ3n) is 3.00. The molecule has 2 unspecified atom stereocenters. The van der Waals surface area contributed by atoms with Gasteiger partial charge in [-0.1, -0.05) is 18.2 Å². The van der Waals surface area contributed by atoms with Gasteiger partial charge >= 0.3 is 0 Å². The Hall–Kier alpha value is -1.33. The number of hydrogen-bond acceptors (Lipinski definition) is 3. The minimum atomic E-state index is 0.148. The molecule has 2 N–H and O–H groups in total. The number of methoxy groups -OCH3 is 1. The predicted molar refractivity (Wildman–Crippen MR) is 79.6 cm³/mol. The maximum Gasteiger partial charge on any atom is 0.166 e. The smallest absolute Gasteiger partial charge is 0.166 e. The summed E-state index contributed by atoms with van der Waals surface area (Å²) in [4.78, 5) is 0. The van der Waals surface area contributed by atoms with Gasteiger partial charge in [-0.15, -0.1) is 0 Å². The largest absolute Gasteiger partial charge is 0.488 e.